The molecule has 2 nitrogen and oxygen atoms in total. The first kappa shape index (κ1) is 9.16. The van der Waals surface area contributed by atoms with Gasteiger partial charge >= 0.3 is 0 Å². The molecule has 6 heavy (non-hydrogen) atoms. The van der Waals surface area contributed by atoms with Gasteiger partial charge in [0.15, 0.2) is 0 Å². The van der Waals surface area contributed by atoms with Gasteiger partial charge in [-0.25, -0.2) is 0 Å². The van der Waals surface area contributed by atoms with Crippen LogP contribution in [0.5, 0.6) is 0 Å². The topological polar surface area (TPSA) is 37.3 Å². The molecule has 0 saturated carbocycles. The fourth-order valence-electron chi connectivity index (χ4n) is 0. The first-order chi connectivity index (χ1) is 2.73. The molecule has 0 saturated heterocycles. The predicted molar refractivity (Wildman–Crippen MR) is 24.5 cm³/mol. The highest BCUT2D eigenvalue weighted by molar-refractivity contribution is 5.72. The second kappa shape index (κ2) is 8.82. The molecule has 0 heterocycles. The second-order valence-electron chi connectivity index (χ2n) is 0.908. The molecule has 0 aromatic carbocycles. The summed E-state index contributed by atoms with van der Waals surface area (Å²) in [6.45, 7) is 3.06. The number of hydrogen-bond donors (Lipinski definition) is 1. The molecule has 0 atom stereocenters. The molecule has 0 amide bonds. The number of aliphatic hydroxyl groups excluding tert-OH is 1. The molecule has 0 fully saturated rings. The van der Waals surface area contributed by atoms with Crippen LogP contribution < -0.4 is 0 Å². The van der Waals surface area contributed by atoms with E-state index in [0.717, 1.165) is 7.11 Å². The SMILES string of the molecule is CC(C)=O.CO. The van der Waals surface area contributed by atoms with Gasteiger partial charge in [0.1, 0.15) is 5.78 Å². The van der Waals surface area contributed by atoms with Gasteiger partial charge in [-0.1, -0.05) is 0 Å². The number of hydrogen-bond acceptors (Lipinski definition) is 2. The maximum absolute atomic E-state index is 9.44. The average molecular weight is 90.1 g/mol. The molecule has 38 valence electrons. The van der Waals surface area contributed by atoms with Gasteiger partial charge in [0, 0.05) is 7.11 Å². The minimum atomic E-state index is 0.167. The molecule has 0 radical (unpaired) electrons. The largest absolute Gasteiger partial charge is 0.400 e. The molecule has 0 aromatic rings. The zero-order valence-corrected chi connectivity index (χ0v) is 4.36. The van der Waals surface area contributed by atoms with Crippen molar-refractivity contribution in [3.8, 4) is 0 Å². The highest BCUT2D eigenvalue weighted by Crippen LogP contribution is 1.50. The third-order valence-corrected chi connectivity index (χ3v) is 0. The summed E-state index contributed by atoms with van der Waals surface area (Å²) in [4.78, 5) is 9.44. The van der Waals surface area contributed by atoms with E-state index in [2.05, 4.69) is 0 Å². The third kappa shape index (κ3) is 183. The molecule has 0 spiro atoms. The average Bonchev–Trinajstić information content (AvgIpc) is 1.41. The van der Waals surface area contributed by atoms with E-state index in [9.17, 15) is 4.79 Å². The molecular weight excluding hydrogens is 80.0 g/mol. The van der Waals surface area contributed by atoms with Crippen molar-refractivity contribution in [3.05, 3.63) is 0 Å². The van der Waals surface area contributed by atoms with Crippen LogP contribution in [-0.4, -0.2) is 18.0 Å². The van der Waals surface area contributed by atoms with Crippen molar-refractivity contribution in [1.29, 1.82) is 0 Å². The molecule has 0 unspecified atom stereocenters. The quantitative estimate of drug-likeness (QED) is 0.461. The van der Waals surface area contributed by atoms with Crippen LogP contribution in [0.1, 0.15) is 13.8 Å². The Morgan fingerprint density at radius 3 is 1.33 bits per heavy atom. The van der Waals surface area contributed by atoms with Crippen LogP contribution in [0, 0.1) is 0 Å². The first-order valence-electron chi connectivity index (χ1n) is 1.65. The molecule has 0 aromatic heterocycles. The molecule has 0 bridgehead atoms. The van der Waals surface area contributed by atoms with Gasteiger partial charge in [0.05, 0.1) is 0 Å². The number of rotatable bonds is 0. The second-order valence-corrected chi connectivity index (χ2v) is 0.908. The summed E-state index contributed by atoms with van der Waals surface area (Å²) < 4.78 is 0. The van der Waals surface area contributed by atoms with Gasteiger partial charge < -0.3 is 9.90 Å². The van der Waals surface area contributed by atoms with Crippen molar-refractivity contribution >= 4 is 5.78 Å². The predicted octanol–water partition coefficient (Wildman–Crippen LogP) is 0.204. The Morgan fingerprint density at radius 2 is 1.33 bits per heavy atom. The summed E-state index contributed by atoms with van der Waals surface area (Å²) in [5, 5.41) is 7.00. The zero-order chi connectivity index (χ0) is 5.58. The highest BCUT2D eigenvalue weighted by Gasteiger charge is 1.62. The van der Waals surface area contributed by atoms with Gasteiger partial charge in [-0.3, -0.25) is 0 Å². The standard InChI is InChI=1S/C3H6O.CH4O/c1-3(2)4;1-2/h1-2H3;2H,1H3. The Kier molecular flexibility index (Phi) is 13.5. The minimum Gasteiger partial charge on any atom is -0.400 e. The number of carbonyl (C=O) groups excluding carboxylic acids is 1. The number of Topliss-reactive ketones (excluding diaryl/α,β-unsaturated/α-hetero) is 1. The Hall–Kier alpha value is -0.370. The van der Waals surface area contributed by atoms with Crippen molar-refractivity contribution < 1.29 is 9.90 Å². The Morgan fingerprint density at radius 1 is 1.33 bits per heavy atom. The van der Waals surface area contributed by atoms with Crippen molar-refractivity contribution in [1.82, 2.24) is 0 Å². The lowest BCUT2D eigenvalue weighted by atomic mass is 10.6. The van der Waals surface area contributed by atoms with Crippen molar-refractivity contribution in [2.24, 2.45) is 0 Å². The zero-order valence-electron chi connectivity index (χ0n) is 4.36. The summed E-state index contributed by atoms with van der Waals surface area (Å²) >= 11 is 0. The van der Waals surface area contributed by atoms with Crippen molar-refractivity contribution in [3.63, 3.8) is 0 Å². The van der Waals surface area contributed by atoms with Crippen LogP contribution in [0.25, 0.3) is 0 Å². The van der Waals surface area contributed by atoms with Crippen LogP contribution in [0.3, 0.4) is 0 Å². The van der Waals surface area contributed by atoms with E-state index < -0.39 is 0 Å². The molecule has 0 rings (SSSR count). The Balaban J connectivity index is 0. The van der Waals surface area contributed by atoms with E-state index in [1.807, 2.05) is 0 Å². The van der Waals surface area contributed by atoms with E-state index >= 15 is 0 Å². The van der Waals surface area contributed by atoms with Crippen molar-refractivity contribution in [2.75, 3.05) is 7.11 Å². The summed E-state index contributed by atoms with van der Waals surface area (Å²) in [7, 11) is 1.00. The van der Waals surface area contributed by atoms with Gasteiger partial charge in [-0.2, -0.15) is 0 Å². The highest BCUT2D eigenvalue weighted by atomic mass is 16.2. The first-order valence-corrected chi connectivity index (χ1v) is 1.65. The monoisotopic (exact) mass is 90.1 g/mol. The van der Waals surface area contributed by atoms with Gasteiger partial charge in [-0.05, 0) is 13.8 Å². The molecule has 2 heteroatoms. The maximum Gasteiger partial charge on any atom is 0.126 e. The molecular formula is C4H10O2. The lowest BCUT2D eigenvalue weighted by Crippen LogP contribution is -1.69. The third-order valence-electron chi connectivity index (χ3n) is 0. The normalized spacial score (nSPS) is 5.33. The van der Waals surface area contributed by atoms with Crippen LogP contribution in [0.15, 0.2) is 0 Å². The van der Waals surface area contributed by atoms with E-state index in [1.54, 1.807) is 0 Å². The van der Waals surface area contributed by atoms with Crippen LogP contribution in [0.4, 0.5) is 0 Å². The number of aliphatic hydroxyl groups is 1. The van der Waals surface area contributed by atoms with Gasteiger partial charge in [0.2, 0.25) is 0 Å². The fourth-order valence-corrected chi connectivity index (χ4v) is 0. The molecule has 0 aliphatic carbocycles. The Labute approximate surface area is 37.8 Å². The molecule has 0 aliphatic heterocycles. The van der Waals surface area contributed by atoms with Crippen LogP contribution in [-0.2, 0) is 4.79 Å². The molecule has 0 aliphatic rings. The fraction of sp³-hybridized carbons (Fsp3) is 0.750. The van der Waals surface area contributed by atoms with Crippen LogP contribution >= 0.6 is 0 Å². The maximum atomic E-state index is 9.44. The van der Waals surface area contributed by atoms with Gasteiger partial charge in [0.25, 0.3) is 0 Å². The number of ketones is 1. The van der Waals surface area contributed by atoms with Gasteiger partial charge in [-0.15, -0.1) is 0 Å². The molecule has 1 N–H and O–H groups in total. The summed E-state index contributed by atoms with van der Waals surface area (Å²) in [6, 6.07) is 0. The summed E-state index contributed by atoms with van der Waals surface area (Å²) in [5.74, 6) is 0.167. The minimum absolute atomic E-state index is 0.167. The van der Waals surface area contributed by atoms with E-state index in [4.69, 9.17) is 5.11 Å². The van der Waals surface area contributed by atoms with Crippen molar-refractivity contribution in [2.45, 2.75) is 13.8 Å². The number of carbonyl (C=O) groups is 1. The van der Waals surface area contributed by atoms with E-state index in [0.29, 0.717) is 0 Å². The lowest BCUT2D eigenvalue weighted by molar-refractivity contribution is -0.114. The smallest absolute Gasteiger partial charge is 0.126 e. The summed E-state index contributed by atoms with van der Waals surface area (Å²) in [6.07, 6.45) is 0. The van der Waals surface area contributed by atoms with Crippen LogP contribution in [0.2, 0.25) is 0 Å². The van der Waals surface area contributed by atoms with E-state index in [-0.39, 0.29) is 5.78 Å². The Bertz CT molecular complexity index is 28.5. The van der Waals surface area contributed by atoms with E-state index in [1.165, 1.54) is 13.8 Å². The lowest BCUT2D eigenvalue weighted by Gasteiger charge is -1.56. The summed E-state index contributed by atoms with van der Waals surface area (Å²) in [5.41, 5.74) is 0.